The number of nitrogens with one attached hydrogen (secondary N) is 2. The van der Waals surface area contributed by atoms with Gasteiger partial charge in [0.05, 0.1) is 27.7 Å². The number of H-pyrrole nitrogens is 1. The van der Waals surface area contributed by atoms with Crippen molar-refractivity contribution in [3.8, 4) is 0 Å². The molecule has 0 fully saturated rings. The van der Waals surface area contributed by atoms with Crippen molar-refractivity contribution in [2.24, 2.45) is 5.92 Å². The van der Waals surface area contributed by atoms with E-state index in [1.807, 2.05) is 38.1 Å². The summed E-state index contributed by atoms with van der Waals surface area (Å²) in [4.78, 5) is 20.3. The van der Waals surface area contributed by atoms with Crippen molar-refractivity contribution in [1.82, 2.24) is 15.3 Å². The molecule has 0 aliphatic heterocycles. The molecule has 0 bridgehead atoms. The summed E-state index contributed by atoms with van der Waals surface area (Å²) in [5, 5.41) is 3.01. The Morgan fingerprint density at radius 3 is 2.67 bits per heavy atom. The number of fused-ring (bicyclic) bond motifs is 1. The van der Waals surface area contributed by atoms with E-state index in [1.54, 1.807) is 0 Å². The Bertz CT molecular complexity index is 858. The summed E-state index contributed by atoms with van der Waals surface area (Å²) in [7, 11) is 0. The van der Waals surface area contributed by atoms with Crippen LogP contribution in [0.4, 0.5) is 4.39 Å². The summed E-state index contributed by atoms with van der Waals surface area (Å²) < 4.78 is 13.2. The normalized spacial score (nSPS) is 12.5. The van der Waals surface area contributed by atoms with E-state index in [1.165, 1.54) is 12.1 Å². The molecule has 3 rings (SSSR count). The fourth-order valence-electron chi connectivity index (χ4n) is 2.56. The van der Waals surface area contributed by atoms with Gasteiger partial charge in [0.25, 0.3) is 5.91 Å². The molecule has 1 amide bonds. The number of hydrogen-bond acceptors (Lipinski definition) is 2. The van der Waals surface area contributed by atoms with Gasteiger partial charge in [0.2, 0.25) is 0 Å². The van der Waals surface area contributed by atoms with Gasteiger partial charge in [0.15, 0.2) is 0 Å². The Morgan fingerprint density at radius 1 is 1.25 bits per heavy atom. The molecule has 24 heavy (non-hydrogen) atoms. The minimum absolute atomic E-state index is 0.0830. The lowest BCUT2D eigenvalue weighted by Gasteiger charge is -2.20. The van der Waals surface area contributed by atoms with Gasteiger partial charge in [0.1, 0.15) is 11.6 Å². The lowest BCUT2D eigenvalue weighted by atomic mass is 10.0. The maximum atomic E-state index is 13.2. The lowest BCUT2D eigenvalue weighted by molar-refractivity contribution is 0.0923. The molecule has 1 atom stereocenters. The predicted octanol–water partition coefficient (Wildman–Crippen LogP) is 4.48. The van der Waals surface area contributed by atoms with E-state index < -0.39 is 5.82 Å². The van der Waals surface area contributed by atoms with Crippen LogP contribution < -0.4 is 5.32 Å². The first-order valence-corrected chi connectivity index (χ1v) is 8.04. The van der Waals surface area contributed by atoms with Crippen LogP contribution in [-0.4, -0.2) is 15.9 Å². The molecule has 0 saturated carbocycles. The summed E-state index contributed by atoms with van der Waals surface area (Å²) >= 11 is 5.97. The first kappa shape index (κ1) is 16.5. The van der Waals surface area contributed by atoms with Crippen LogP contribution in [0.3, 0.4) is 0 Å². The Morgan fingerprint density at radius 2 is 2.00 bits per heavy atom. The van der Waals surface area contributed by atoms with Gasteiger partial charge >= 0.3 is 0 Å². The average Bonchev–Trinajstić information content (AvgIpc) is 2.95. The monoisotopic (exact) mass is 345 g/mol. The molecule has 1 aromatic heterocycles. The summed E-state index contributed by atoms with van der Waals surface area (Å²) in [5.41, 5.74) is 1.99. The average molecular weight is 346 g/mol. The number of benzene rings is 2. The van der Waals surface area contributed by atoms with Gasteiger partial charge in [-0.2, -0.15) is 0 Å². The van der Waals surface area contributed by atoms with Crippen LogP contribution in [0.1, 0.15) is 36.1 Å². The standard InChI is InChI=1S/C18H17ClFN3O/c1-10(2)16(17-21-14-5-3-4-6-15(14)22-17)23-18(24)12-8-7-11(20)9-13(12)19/h3-10,16H,1-2H3,(H,21,22)(H,23,24). The molecule has 2 aromatic carbocycles. The number of halogens is 2. The van der Waals surface area contributed by atoms with Crippen molar-refractivity contribution >= 4 is 28.5 Å². The molecule has 3 aromatic rings. The van der Waals surface area contributed by atoms with Crippen molar-refractivity contribution in [1.29, 1.82) is 0 Å². The molecule has 6 heteroatoms. The molecule has 2 N–H and O–H groups in total. The highest BCUT2D eigenvalue weighted by Gasteiger charge is 2.23. The second-order valence-corrected chi connectivity index (χ2v) is 6.37. The summed E-state index contributed by atoms with van der Waals surface area (Å²) in [5.74, 6) is -0.0556. The van der Waals surface area contributed by atoms with E-state index in [-0.39, 0.29) is 28.5 Å². The number of hydrogen-bond donors (Lipinski definition) is 2. The van der Waals surface area contributed by atoms with E-state index >= 15 is 0 Å². The quantitative estimate of drug-likeness (QED) is 0.732. The van der Waals surface area contributed by atoms with E-state index in [4.69, 9.17) is 11.6 Å². The second kappa shape index (κ2) is 6.61. The van der Waals surface area contributed by atoms with Crippen LogP contribution in [-0.2, 0) is 0 Å². The van der Waals surface area contributed by atoms with E-state index in [2.05, 4.69) is 15.3 Å². The molecular formula is C18H17ClFN3O. The fraction of sp³-hybridized carbons (Fsp3) is 0.222. The molecule has 1 heterocycles. The maximum Gasteiger partial charge on any atom is 0.253 e. The number of imidazole rings is 1. The minimum atomic E-state index is -0.478. The number of aromatic nitrogens is 2. The zero-order valence-corrected chi connectivity index (χ0v) is 14.1. The Balaban J connectivity index is 1.90. The van der Waals surface area contributed by atoms with Gasteiger partial charge in [-0.25, -0.2) is 9.37 Å². The van der Waals surface area contributed by atoms with Crippen molar-refractivity contribution in [2.45, 2.75) is 19.9 Å². The number of aromatic amines is 1. The molecule has 0 aliphatic rings. The van der Waals surface area contributed by atoms with Gasteiger partial charge < -0.3 is 10.3 Å². The number of rotatable bonds is 4. The Labute approximate surface area is 144 Å². The number of para-hydroxylation sites is 2. The molecule has 0 spiro atoms. The molecule has 0 aliphatic carbocycles. The predicted molar refractivity (Wildman–Crippen MR) is 92.5 cm³/mol. The Kier molecular flexibility index (Phi) is 4.53. The van der Waals surface area contributed by atoms with E-state index in [0.29, 0.717) is 5.82 Å². The molecule has 1 unspecified atom stereocenters. The first-order valence-electron chi connectivity index (χ1n) is 7.66. The van der Waals surface area contributed by atoms with Crippen LogP contribution in [0, 0.1) is 11.7 Å². The topological polar surface area (TPSA) is 57.8 Å². The van der Waals surface area contributed by atoms with E-state index in [0.717, 1.165) is 17.1 Å². The van der Waals surface area contributed by atoms with Gasteiger partial charge in [-0.3, -0.25) is 4.79 Å². The number of amides is 1. The van der Waals surface area contributed by atoms with Crippen molar-refractivity contribution in [2.75, 3.05) is 0 Å². The fourth-order valence-corrected chi connectivity index (χ4v) is 2.82. The first-order chi connectivity index (χ1) is 11.5. The molecule has 124 valence electrons. The van der Waals surface area contributed by atoms with Gasteiger partial charge in [-0.1, -0.05) is 37.6 Å². The smallest absolute Gasteiger partial charge is 0.253 e. The summed E-state index contributed by atoms with van der Waals surface area (Å²) in [6.45, 7) is 3.98. The van der Waals surface area contributed by atoms with Gasteiger partial charge in [0, 0.05) is 0 Å². The van der Waals surface area contributed by atoms with Crippen LogP contribution in [0.15, 0.2) is 42.5 Å². The molecule has 4 nitrogen and oxygen atoms in total. The number of nitrogens with zero attached hydrogens (tertiary/aromatic N) is 1. The third kappa shape index (κ3) is 3.26. The molecule has 0 saturated heterocycles. The van der Waals surface area contributed by atoms with E-state index in [9.17, 15) is 9.18 Å². The largest absolute Gasteiger partial charge is 0.342 e. The summed E-state index contributed by atoms with van der Waals surface area (Å²) in [6.07, 6.45) is 0. The molecular weight excluding hydrogens is 329 g/mol. The van der Waals surface area contributed by atoms with Crippen molar-refractivity contribution < 1.29 is 9.18 Å². The summed E-state index contributed by atoms with van der Waals surface area (Å²) in [6, 6.07) is 11.1. The van der Waals surface area contributed by atoms with Crippen molar-refractivity contribution in [3.63, 3.8) is 0 Å². The van der Waals surface area contributed by atoms with Crippen LogP contribution >= 0.6 is 11.6 Å². The van der Waals surface area contributed by atoms with Crippen LogP contribution in [0.5, 0.6) is 0 Å². The molecule has 0 radical (unpaired) electrons. The zero-order chi connectivity index (χ0) is 17.3. The van der Waals surface area contributed by atoms with Crippen LogP contribution in [0.25, 0.3) is 11.0 Å². The highest BCUT2D eigenvalue weighted by atomic mass is 35.5. The number of carbonyl (C=O) groups is 1. The highest BCUT2D eigenvalue weighted by molar-refractivity contribution is 6.33. The third-order valence-corrected chi connectivity index (χ3v) is 4.14. The van der Waals surface area contributed by atoms with Crippen LogP contribution in [0.2, 0.25) is 5.02 Å². The SMILES string of the molecule is CC(C)C(NC(=O)c1ccc(F)cc1Cl)c1nc2ccccc2[nH]1. The minimum Gasteiger partial charge on any atom is -0.342 e. The highest BCUT2D eigenvalue weighted by Crippen LogP contribution is 2.24. The zero-order valence-electron chi connectivity index (χ0n) is 13.3. The lowest BCUT2D eigenvalue weighted by Crippen LogP contribution is -2.32. The van der Waals surface area contributed by atoms with Crippen molar-refractivity contribution in [3.05, 3.63) is 64.7 Å². The number of carbonyl (C=O) groups excluding carboxylic acids is 1. The van der Waals surface area contributed by atoms with Gasteiger partial charge in [-0.15, -0.1) is 0 Å². The maximum absolute atomic E-state index is 13.2. The Hall–Kier alpha value is -2.40. The van der Waals surface area contributed by atoms with Gasteiger partial charge in [-0.05, 0) is 36.2 Å². The third-order valence-electron chi connectivity index (χ3n) is 3.83. The second-order valence-electron chi connectivity index (χ2n) is 5.96.